The van der Waals surface area contributed by atoms with Gasteiger partial charge >= 0.3 is 0 Å². The molecule has 0 aliphatic rings. The molecule has 5 aromatic rings. The van der Waals surface area contributed by atoms with E-state index in [1.165, 1.54) is 0 Å². The number of aromatic nitrogens is 2. The largest absolute Gasteiger partial charge is 0.497 e. The molecule has 0 atom stereocenters. The number of ether oxygens (including phenoxy) is 1. The van der Waals surface area contributed by atoms with Gasteiger partial charge in [0.15, 0.2) is 5.65 Å². The zero-order valence-corrected chi connectivity index (χ0v) is 19.0. The summed E-state index contributed by atoms with van der Waals surface area (Å²) in [7, 11) is 1.65. The normalized spacial score (nSPS) is 11.0. The van der Waals surface area contributed by atoms with E-state index in [2.05, 4.69) is 15.8 Å². The van der Waals surface area contributed by atoms with Crippen LogP contribution in [0, 0.1) is 18.3 Å². The van der Waals surface area contributed by atoms with Crippen molar-refractivity contribution in [1.29, 1.82) is 5.26 Å². The number of nitrogens with one attached hydrogen (secondary N) is 1. The number of para-hydroxylation sites is 2. The molecule has 0 bridgehead atoms. The lowest BCUT2D eigenvalue weighted by Crippen LogP contribution is -2.09. The second-order valence-corrected chi connectivity index (χ2v) is 8.29. The van der Waals surface area contributed by atoms with Gasteiger partial charge in [0.25, 0.3) is 0 Å². The lowest BCUT2D eigenvalue weighted by atomic mass is 9.97. The summed E-state index contributed by atoms with van der Waals surface area (Å²) in [6, 6.07) is 25.9. The van der Waals surface area contributed by atoms with Crippen LogP contribution in [0.4, 0.5) is 11.5 Å². The summed E-state index contributed by atoms with van der Waals surface area (Å²) in [4.78, 5) is 4.80. The number of rotatable bonds is 5. The Bertz CT molecular complexity index is 1510. The monoisotopic (exact) mass is 452 g/mol. The Morgan fingerprint density at radius 2 is 1.76 bits per heavy atom. The van der Waals surface area contributed by atoms with Crippen molar-refractivity contribution >= 4 is 39.8 Å². The molecule has 0 unspecified atom stereocenters. The van der Waals surface area contributed by atoms with Crippen LogP contribution in [0.1, 0.15) is 22.3 Å². The van der Waals surface area contributed by atoms with Gasteiger partial charge < -0.3 is 10.1 Å². The molecule has 6 heteroatoms. The predicted molar refractivity (Wildman–Crippen MR) is 133 cm³/mol. The summed E-state index contributed by atoms with van der Waals surface area (Å²) in [5.74, 6) is 1.67. The Kier molecular flexibility index (Phi) is 5.37. The summed E-state index contributed by atoms with van der Waals surface area (Å²) < 4.78 is 7.36. The number of hydrogen-bond acceptors (Lipinski definition) is 4. The molecule has 0 aliphatic carbocycles. The van der Waals surface area contributed by atoms with E-state index < -0.39 is 0 Å². The predicted octanol–water partition coefficient (Wildman–Crippen LogP) is 6.66. The maximum absolute atomic E-state index is 10.1. The number of halogens is 1. The van der Waals surface area contributed by atoms with Gasteiger partial charge in [-0.15, -0.1) is 0 Å². The quantitative estimate of drug-likeness (QED) is 0.323. The lowest BCUT2D eigenvalue weighted by Gasteiger charge is -2.19. The standard InChI is InChI=1S/C27H21ClN4O/c1-17-22(15-18-7-9-19(28)10-8-18)26(30-20-11-13-21(33-2)14-12-20)32-25-6-4-3-5-24(25)31-27(32)23(17)16-29/h3-14,30H,15H2,1-2H3. The summed E-state index contributed by atoms with van der Waals surface area (Å²) in [5, 5.41) is 14.3. The van der Waals surface area contributed by atoms with Gasteiger partial charge in [0.05, 0.1) is 23.7 Å². The highest BCUT2D eigenvalue weighted by molar-refractivity contribution is 6.30. The van der Waals surface area contributed by atoms with Crippen molar-refractivity contribution in [3.8, 4) is 11.8 Å². The Morgan fingerprint density at radius 3 is 2.45 bits per heavy atom. The van der Waals surface area contributed by atoms with Crippen LogP contribution in [-0.4, -0.2) is 16.5 Å². The average Bonchev–Trinajstić information content (AvgIpc) is 3.22. The zero-order chi connectivity index (χ0) is 22.9. The first kappa shape index (κ1) is 20.9. The van der Waals surface area contributed by atoms with E-state index in [0.717, 1.165) is 45.0 Å². The first-order chi connectivity index (χ1) is 16.1. The third-order valence-corrected chi connectivity index (χ3v) is 6.13. The number of benzene rings is 3. The molecule has 0 spiro atoms. The minimum Gasteiger partial charge on any atom is -0.497 e. The van der Waals surface area contributed by atoms with Gasteiger partial charge in [-0.1, -0.05) is 35.9 Å². The van der Waals surface area contributed by atoms with E-state index in [1.54, 1.807) is 7.11 Å². The van der Waals surface area contributed by atoms with Crippen LogP contribution in [-0.2, 0) is 6.42 Å². The van der Waals surface area contributed by atoms with Gasteiger partial charge in [-0.25, -0.2) is 4.98 Å². The molecule has 0 saturated heterocycles. The number of pyridine rings is 1. The van der Waals surface area contributed by atoms with E-state index in [0.29, 0.717) is 22.7 Å². The molecule has 5 nitrogen and oxygen atoms in total. The second kappa shape index (κ2) is 8.50. The lowest BCUT2D eigenvalue weighted by molar-refractivity contribution is 0.415. The summed E-state index contributed by atoms with van der Waals surface area (Å²) in [6.45, 7) is 1.99. The SMILES string of the molecule is COc1ccc(Nc2c(Cc3ccc(Cl)cc3)c(C)c(C#N)c3nc4ccccc4n23)cc1. The van der Waals surface area contributed by atoms with Crippen molar-refractivity contribution < 1.29 is 4.74 Å². The highest BCUT2D eigenvalue weighted by atomic mass is 35.5. The number of hydrogen-bond donors (Lipinski definition) is 1. The highest BCUT2D eigenvalue weighted by Gasteiger charge is 2.21. The summed E-state index contributed by atoms with van der Waals surface area (Å²) in [6.07, 6.45) is 0.638. The molecule has 0 amide bonds. The van der Waals surface area contributed by atoms with E-state index >= 15 is 0 Å². The van der Waals surface area contributed by atoms with Gasteiger partial charge in [0, 0.05) is 22.7 Å². The summed E-state index contributed by atoms with van der Waals surface area (Å²) >= 11 is 6.11. The molecule has 162 valence electrons. The van der Waals surface area contributed by atoms with Crippen LogP contribution in [0.3, 0.4) is 0 Å². The fourth-order valence-corrected chi connectivity index (χ4v) is 4.28. The van der Waals surface area contributed by atoms with Gasteiger partial charge in [-0.05, 0) is 66.6 Å². The third-order valence-electron chi connectivity index (χ3n) is 5.88. The topological polar surface area (TPSA) is 62.3 Å². The van der Waals surface area contributed by atoms with Gasteiger partial charge in [-0.3, -0.25) is 4.40 Å². The van der Waals surface area contributed by atoms with E-state index in [9.17, 15) is 5.26 Å². The number of nitrogens with zero attached hydrogens (tertiary/aromatic N) is 3. The summed E-state index contributed by atoms with van der Waals surface area (Å²) in [5.41, 5.74) is 6.96. The first-order valence-electron chi connectivity index (χ1n) is 10.6. The van der Waals surface area contributed by atoms with Gasteiger partial charge in [0.2, 0.25) is 0 Å². The van der Waals surface area contributed by atoms with Crippen LogP contribution in [0.2, 0.25) is 5.02 Å². The minimum atomic E-state index is 0.579. The average molecular weight is 453 g/mol. The van der Waals surface area contributed by atoms with Crippen LogP contribution < -0.4 is 10.1 Å². The number of nitriles is 1. The molecule has 2 heterocycles. The molecule has 5 rings (SSSR count). The Labute approximate surface area is 196 Å². The molecule has 33 heavy (non-hydrogen) atoms. The second-order valence-electron chi connectivity index (χ2n) is 7.86. The molecule has 0 aliphatic heterocycles. The van der Waals surface area contributed by atoms with Crippen LogP contribution in [0.25, 0.3) is 16.7 Å². The third kappa shape index (κ3) is 3.75. The molecule has 0 fully saturated rings. The van der Waals surface area contributed by atoms with Crippen LogP contribution in [0.15, 0.2) is 72.8 Å². The van der Waals surface area contributed by atoms with Crippen molar-refractivity contribution in [1.82, 2.24) is 9.38 Å². The van der Waals surface area contributed by atoms with Crippen LogP contribution >= 0.6 is 11.6 Å². The van der Waals surface area contributed by atoms with Gasteiger partial charge in [-0.2, -0.15) is 5.26 Å². The van der Waals surface area contributed by atoms with Crippen molar-refractivity contribution in [3.63, 3.8) is 0 Å². The van der Waals surface area contributed by atoms with Crippen molar-refractivity contribution in [3.05, 3.63) is 100 Å². The van der Waals surface area contributed by atoms with Crippen molar-refractivity contribution in [2.24, 2.45) is 0 Å². The Morgan fingerprint density at radius 1 is 1.03 bits per heavy atom. The smallest absolute Gasteiger partial charge is 0.157 e. The number of fused-ring (bicyclic) bond motifs is 3. The molecular formula is C27H21ClN4O. The molecule has 1 N–H and O–H groups in total. The zero-order valence-electron chi connectivity index (χ0n) is 18.3. The highest BCUT2D eigenvalue weighted by Crippen LogP contribution is 2.34. The van der Waals surface area contributed by atoms with E-state index in [4.69, 9.17) is 21.3 Å². The van der Waals surface area contributed by atoms with Gasteiger partial charge in [0.1, 0.15) is 17.6 Å². The molecular weight excluding hydrogens is 432 g/mol. The number of imidazole rings is 1. The maximum Gasteiger partial charge on any atom is 0.157 e. The van der Waals surface area contributed by atoms with E-state index in [-0.39, 0.29) is 0 Å². The van der Waals surface area contributed by atoms with Crippen LogP contribution in [0.5, 0.6) is 5.75 Å². The maximum atomic E-state index is 10.1. The molecule has 0 saturated carbocycles. The fourth-order valence-electron chi connectivity index (χ4n) is 4.15. The van der Waals surface area contributed by atoms with Crippen molar-refractivity contribution in [2.75, 3.05) is 12.4 Å². The van der Waals surface area contributed by atoms with Crippen molar-refractivity contribution in [2.45, 2.75) is 13.3 Å². The first-order valence-corrected chi connectivity index (χ1v) is 10.9. The molecule has 2 aromatic heterocycles. The molecule has 0 radical (unpaired) electrons. The van der Waals surface area contributed by atoms with E-state index in [1.807, 2.05) is 79.7 Å². The number of methoxy groups -OCH3 is 1. The minimum absolute atomic E-state index is 0.579. The number of anilines is 2. The Balaban J connectivity index is 1.79. The molecule has 3 aromatic carbocycles. The Hall–Kier alpha value is -4.01. The fraction of sp³-hybridized carbons (Fsp3) is 0.111.